The van der Waals surface area contributed by atoms with Gasteiger partial charge in [-0.05, 0) is 25.8 Å². The number of carbonyl (C=O) groups excluding carboxylic acids is 1. The first-order valence-corrected chi connectivity index (χ1v) is 5.94. The second-order valence-electron chi connectivity index (χ2n) is 4.52. The minimum Gasteiger partial charge on any atom is -0.451 e. The molecule has 1 aromatic carbocycles. The summed E-state index contributed by atoms with van der Waals surface area (Å²) in [5.41, 5.74) is 0.895. The molecule has 17 heavy (non-hydrogen) atoms. The van der Waals surface area contributed by atoms with Crippen LogP contribution in [0.1, 0.15) is 39.2 Å². The minimum atomic E-state index is -0.563. The van der Waals surface area contributed by atoms with Crippen LogP contribution in [0.2, 0.25) is 0 Å². The van der Waals surface area contributed by atoms with Crippen molar-refractivity contribution in [1.82, 2.24) is 0 Å². The molecule has 0 aliphatic rings. The van der Waals surface area contributed by atoms with Gasteiger partial charge in [-0.25, -0.2) is 4.79 Å². The quantitative estimate of drug-likeness (QED) is 0.570. The van der Waals surface area contributed by atoms with Gasteiger partial charge in [-0.3, -0.25) is 0 Å². The summed E-state index contributed by atoms with van der Waals surface area (Å²) in [5, 5.41) is 0. The Bertz CT molecular complexity index is 395. The average molecular weight is 232 g/mol. The van der Waals surface area contributed by atoms with Crippen molar-refractivity contribution in [3.05, 3.63) is 48.0 Å². The van der Waals surface area contributed by atoms with E-state index < -0.39 is 5.60 Å². The molecule has 2 heteroatoms. The summed E-state index contributed by atoms with van der Waals surface area (Å²) in [6.45, 7) is 9.32. The molecule has 0 aliphatic heterocycles. The molecule has 0 radical (unpaired) electrons. The zero-order chi connectivity index (χ0) is 12.9. The lowest BCUT2D eigenvalue weighted by Gasteiger charge is -2.30. The maximum atomic E-state index is 11.7. The molecule has 1 unspecified atom stereocenters. The van der Waals surface area contributed by atoms with Gasteiger partial charge in [0.25, 0.3) is 0 Å². The van der Waals surface area contributed by atoms with Gasteiger partial charge in [-0.1, -0.05) is 50.3 Å². The van der Waals surface area contributed by atoms with Crippen LogP contribution in [-0.4, -0.2) is 5.97 Å². The first kappa shape index (κ1) is 13.5. The number of esters is 1. The molecule has 0 fully saturated rings. The Morgan fingerprint density at radius 1 is 1.35 bits per heavy atom. The summed E-state index contributed by atoms with van der Waals surface area (Å²) in [5.74, 6) is -0.329. The lowest BCUT2D eigenvalue weighted by Crippen LogP contribution is -2.29. The molecule has 1 atom stereocenters. The van der Waals surface area contributed by atoms with Gasteiger partial charge >= 0.3 is 5.97 Å². The molecule has 0 aromatic heterocycles. The van der Waals surface area contributed by atoms with Crippen molar-refractivity contribution in [2.75, 3.05) is 0 Å². The van der Waals surface area contributed by atoms with Crippen LogP contribution in [0.3, 0.4) is 0 Å². The monoisotopic (exact) mass is 232 g/mol. The number of hydrogen-bond acceptors (Lipinski definition) is 2. The summed E-state index contributed by atoms with van der Waals surface area (Å²) >= 11 is 0. The van der Waals surface area contributed by atoms with Crippen molar-refractivity contribution in [3.63, 3.8) is 0 Å². The first-order chi connectivity index (χ1) is 7.99. The summed E-state index contributed by atoms with van der Waals surface area (Å²) in [6, 6.07) is 9.84. The van der Waals surface area contributed by atoms with E-state index in [9.17, 15) is 4.79 Å². The highest BCUT2D eigenvalue weighted by atomic mass is 16.6. The number of carbonyl (C=O) groups is 1. The average Bonchev–Trinajstić information content (AvgIpc) is 2.30. The second kappa shape index (κ2) is 5.67. The van der Waals surface area contributed by atoms with E-state index in [2.05, 4.69) is 13.5 Å². The summed E-state index contributed by atoms with van der Waals surface area (Å²) in [7, 11) is 0. The van der Waals surface area contributed by atoms with Crippen LogP contribution in [-0.2, 0) is 15.1 Å². The molecule has 0 bridgehead atoms. The van der Waals surface area contributed by atoms with Gasteiger partial charge in [0.1, 0.15) is 5.60 Å². The minimum absolute atomic E-state index is 0.329. The largest absolute Gasteiger partial charge is 0.451 e. The van der Waals surface area contributed by atoms with Gasteiger partial charge in [-0.15, -0.1) is 0 Å². The standard InChI is InChI=1S/C15H20O2/c1-5-11-15(4,17-14(16)12(2)3)13-9-7-6-8-10-13/h6-10H,2,5,11H2,1,3-4H3. The van der Waals surface area contributed by atoms with E-state index in [4.69, 9.17) is 4.74 Å². The third-order valence-corrected chi connectivity index (χ3v) is 2.78. The molecule has 2 nitrogen and oxygen atoms in total. The van der Waals surface area contributed by atoms with Gasteiger partial charge in [0, 0.05) is 5.57 Å². The van der Waals surface area contributed by atoms with E-state index in [1.165, 1.54) is 0 Å². The molecule has 0 saturated carbocycles. The van der Waals surface area contributed by atoms with E-state index >= 15 is 0 Å². The Balaban J connectivity index is 2.97. The third kappa shape index (κ3) is 3.45. The topological polar surface area (TPSA) is 26.3 Å². The van der Waals surface area contributed by atoms with Crippen LogP contribution in [0.25, 0.3) is 0 Å². The summed E-state index contributed by atoms with van der Waals surface area (Å²) in [6.07, 6.45) is 1.75. The second-order valence-corrected chi connectivity index (χ2v) is 4.52. The van der Waals surface area contributed by atoms with Crippen molar-refractivity contribution in [2.45, 2.75) is 39.2 Å². The lowest BCUT2D eigenvalue weighted by molar-refractivity contribution is -0.155. The maximum Gasteiger partial charge on any atom is 0.333 e. The maximum absolute atomic E-state index is 11.7. The molecule has 0 saturated heterocycles. The molecule has 0 spiro atoms. The number of benzene rings is 1. The van der Waals surface area contributed by atoms with Crippen molar-refractivity contribution >= 4 is 5.97 Å². The van der Waals surface area contributed by atoms with E-state index in [1.54, 1.807) is 6.92 Å². The van der Waals surface area contributed by atoms with Crippen LogP contribution in [0.15, 0.2) is 42.5 Å². The van der Waals surface area contributed by atoms with Crippen LogP contribution >= 0.6 is 0 Å². The van der Waals surface area contributed by atoms with E-state index in [0.717, 1.165) is 18.4 Å². The first-order valence-electron chi connectivity index (χ1n) is 5.94. The molecular weight excluding hydrogens is 212 g/mol. The Morgan fingerprint density at radius 2 is 1.94 bits per heavy atom. The van der Waals surface area contributed by atoms with Crippen molar-refractivity contribution < 1.29 is 9.53 Å². The summed E-state index contributed by atoms with van der Waals surface area (Å²) < 4.78 is 5.59. The normalized spacial score (nSPS) is 13.8. The van der Waals surface area contributed by atoms with E-state index in [-0.39, 0.29) is 5.97 Å². The molecule has 0 aliphatic carbocycles. The number of hydrogen-bond donors (Lipinski definition) is 0. The smallest absolute Gasteiger partial charge is 0.333 e. The van der Waals surface area contributed by atoms with Crippen LogP contribution in [0.5, 0.6) is 0 Å². The Morgan fingerprint density at radius 3 is 2.41 bits per heavy atom. The Hall–Kier alpha value is -1.57. The zero-order valence-corrected chi connectivity index (χ0v) is 10.8. The highest BCUT2D eigenvalue weighted by Gasteiger charge is 2.30. The van der Waals surface area contributed by atoms with Gasteiger partial charge in [0.15, 0.2) is 0 Å². The molecule has 0 amide bonds. The third-order valence-electron chi connectivity index (χ3n) is 2.78. The Kier molecular flexibility index (Phi) is 4.50. The predicted octanol–water partition coefficient (Wildman–Crippen LogP) is 3.82. The predicted molar refractivity (Wildman–Crippen MR) is 69.6 cm³/mol. The van der Waals surface area contributed by atoms with E-state index in [1.807, 2.05) is 37.3 Å². The van der Waals surface area contributed by atoms with Gasteiger partial charge in [-0.2, -0.15) is 0 Å². The molecule has 1 aromatic rings. The van der Waals surface area contributed by atoms with Crippen LogP contribution < -0.4 is 0 Å². The van der Waals surface area contributed by atoms with E-state index in [0.29, 0.717) is 5.57 Å². The van der Waals surface area contributed by atoms with Crippen molar-refractivity contribution in [2.24, 2.45) is 0 Å². The fraction of sp³-hybridized carbons (Fsp3) is 0.400. The molecule has 1 rings (SSSR count). The molecule has 92 valence electrons. The van der Waals surface area contributed by atoms with Crippen LogP contribution in [0, 0.1) is 0 Å². The molecule has 0 heterocycles. The number of rotatable bonds is 5. The highest BCUT2D eigenvalue weighted by Crippen LogP contribution is 2.31. The van der Waals surface area contributed by atoms with Gasteiger partial charge < -0.3 is 4.74 Å². The van der Waals surface area contributed by atoms with Crippen molar-refractivity contribution in [3.8, 4) is 0 Å². The SMILES string of the molecule is C=C(C)C(=O)OC(C)(CCC)c1ccccc1. The molecule has 0 N–H and O–H groups in total. The molecular formula is C15H20O2. The van der Waals surface area contributed by atoms with Gasteiger partial charge in [0.05, 0.1) is 0 Å². The highest BCUT2D eigenvalue weighted by molar-refractivity contribution is 5.87. The fourth-order valence-electron chi connectivity index (χ4n) is 1.81. The van der Waals surface area contributed by atoms with Crippen molar-refractivity contribution in [1.29, 1.82) is 0 Å². The Labute approximate surface area is 103 Å². The summed E-state index contributed by atoms with van der Waals surface area (Å²) in [4.78, 5) is 11.7. The fourth-order valence-corrected chi connectivity index (χ4v) is 1.81. The van der Waals surface area contributed by atoms with Crippen LogP contribution in [0.4, 0.5) is 0 Å². The number of ether oxygens (including phenoxy) is 1. The van der Waals surface area contributed by atoms with Gasteiger partial charge in [0.2, 0.25) is 0 Å². The zero-order valence-electron chi connectivity index (χ0n) is 10.8. The lowest BCUT2D eigenvalue weighted by atomic mass is 9.91.